The first-order valence-corrected chi connectivity index (χ1v) is 10.2. The van der Waals surface area contributed by atoms with Gasteiger partial charge in [0.1, 0.15) is 11.0 Å². The highest BCUT2D eigenvalue weighted by Gasteiger charge is 2.40. The number of hydrogen-bond acceptors (Lipinski definition) is 5. The molecule has 146 valence electrons. The first kappa shape index (κ1) is 19.3. The maximum Gasteiger partial charge on any atom is 0.312 e. The minimum absolute atomic E-state index is 0.248. The van der Waals surface area contributed by atoms with Gasteiger partial charge in [-0.2, -0.15) is 2.90 Å². The average molecular weight is 491 g/mol. The van der Waals surface area contributed by atoms with Crippen molar-refractivity contribution in [3.05, 3.63) is 58.7 Å². The van der Waals surface area contributed by atoms with Crippen LogP contribution in [0.25, 0.3) is 11.0 Å². The summed E-state index contributed by atoms with van der Waals surface area (Å²) in [5, 5.41) is 18.6. The zero-order valence-corrected chi connectivity index (χ0v) is 18.2. The molecule has 3 aromatic rings. The lowest BCUT2D eigenvalue weighted by Gasteiger charge is -2.33. The summed E-state index contributed by atoms with van der Waals surface area (Å²) in [5.41, 5.74) is 4.97. The van der Waals surface area contributed by atoms with Crippen LogP contribution >= 0.6 is 22.9 Å². The second kappa shape index (κ2) is 7.11. The summed E-state index contributed by atoms with van der Waals surface area (Å²) >= 11 is 2.09. The number of carbonyl (C=O) groups excluding carboxylic acids is 1. The van der Waals surface area contributed by atoms with E-state index in [0.717, 1.165) is 40.6 Å². The number of aliphatic hydroxyl groups excluding tert-OH is 1. The molecule has 0 bridgehead atoms. The van der Waals surface area contributed by atoms with Crippen molar-refractivity contribution in [1.29, 1.82) is 0 Å². The van der Waals surface area contributed by atoms with Gasteiger partial charge in [0.2, 0.25) is 0 Å². The zero-order valence-electron chi connectivity index (χ0n) is 16.0. The Bertz CT molecular complexity index is 1060. The number of aryl methyl sites for hydroxylation is 1. The minimum atomic E-state index is -0.805. The third-order valence-electron chi connectivity index (χ3n) is 5.75. The number of methoxy groups -OCH3 is 1. The molecule has 0 saturated heterocycles. The minimum Gasteiger partial charge on any atom is -0.469 e. The van der Waals surface area contributed by atoms with Crippen molar-refractivity contribution in [2.24, 2.45) is 5.41 Å². The number of halogens is 1. The van der Waals surface area contributed by atoms with E-state index in [0.29, 0.717) is 0 Å². The molecule has 2 aromatic carbocycles. The molecule has 1 aliphatic rings. The van der Waals surface area contributed by atoms with Crippen LogP contribution in [0.5, 0.6) is 0 Å². The van der Waals surface area contributed by atoms with Gasteiger partial charge in [-0.05, 0) is 61.1 Å². The summed E-state index contributed by atoms with van der Waals surface area (Å²) in [5.74, 6) is -0.530. The summed E-state index contributed by atoms with van der Waals surface area (Å²) in [4.78, 5) is 12.7. The van der Waals surface area contributed by atoms with E-state index in [1.807, 2.05) is 38.1 Å². The van der Waals surface area contributed by atoms with Gasteiger partial charge in [0.05, 0.1) is 41.5 Å². The summed E-state index contributed by atoms with van der Waals surface area (Å²) in [6, 6.07) is 12.1. The fourth-order valence-electron chi connectivity index (χ4n) is 4.28. The van der Waals surface area contributed by atoms with E-state index in [9.17, 15) is 9.90 Å². The lowest BCUT2D eigenvalue weighted by molar-refractivity contribution is -0.151. The number of fused-ring (bicyclic) bond motifs is 2. The van der Waals surface area contributed by atoms with Crippen LogP contribution in [0.2, 0.25) is 0 Å². The number of aromatic nitrogens is 3. The van der Waals surface area contributed by atoms with Gasteiger partial charge in [-0.25, -0.2) is 0 Å². The molecule has 0 fully saturated rings. The van der Waals surface area contributed by atoms with Gasteiger partial charge in [0.15, 0.2) is 0 Å². The smallest absolute Gasteiger partial charge is 0.312 e. The molecule has 1 N–H and O–H groups in total. The molecule has 28 heavy (non-hydrogen) atoms. The number of nitrogens with zero attached hydrogens (tertiary/aromatic N) is 3. The topological polar surface area (TPSA) is 77.2 Å². The Morgan fingerprint density at radius 3 is 2.75 bits per heavy atom. The molecular weight excluding hydrogens is 469 g/mol. The number of esters is 1. The Balaban J connectivity index is 1.89. The second-order valence-corrected chi connectivity index (χ2v) is 8.77. The number of hydrogen-bond donors (Lipinski definition) is 1. The van der Waals surface area contributed by atoms with Crippen molar-refractivity contribution in [1.82, 2.24) is 13.2 Å². The number of rotatable bonds is 4. The molecule has 0 spiro atoms. The molecule has 0 radical (unpaired) electrons. The van der Waals surface area contributed by atoms with Crippen LogP contribution in [0, 0.1) is 5.41 Å². The molecule has 1 heterocycles. The van der Waals surface area contributed by atoms with Gasteiger partial charge >= 0.3 is 5.97 Å². The molecule has 0 aliphatic heterocycles. The van der Waals surface area contributed by atoms with Crippen molar-refractivity contribution in [2.75, 3.05) is 7.11 Å². The number of carbonyl (C=O) groups is 1. The van der Waals surface area contributed by atoms with E-state index in [4.69, 9.17) is 4.74 Å². The third-order valence-corrected chi connectivity index (χ3v) is 6.46. The lowest BCUT2D eigenvalue weighted by atomic mass is 9.70. The largest absolute Gasteiger partial charge is 0.469 e. The van der Waals surface area contributed by atoms with Gasteiger partial charge in [-0.1, -0.05) is 29.5 Å². The van der Waals surface area contributed by atoms with Gasteiger partial charge < -0.3 is 9.84 Å². The third kappa shape index (κ3) is 3.10. The highest BCUT2D eigenvalue weighted by molar-refractivity contribution is 14.1. The van der Waals surface area contributed by atoms with Crippen LogP contribution < -0.4 is 0 Å². The Kier molecular flexibility index (Phi) is 4.91. The zero-order chi connectivity index (χ0) is 20.1. The van der Waals surface area contributed by atoms with E-state index < -0.39 is 11.5 Å². The molecule has 7 heteroatoms. The molecule has 6 nitrogen and oxygen atoms in total. The van der Waals surface area contributed by atoms with Crippen LogP contribution in [-0.2, 0) is 16.0 Å². The van der Waals surface area contributed by atoms with Crippen LogP contribution in [0.4, 0.5) is 0 Å². The lowest BCUT2D eigenvalue weighted by Crippen LogP contribution is -2.33. The monoisotopic (exact) mass is 491 g/mol. The van der Waals surface area contributed by atoms with Crippen LogP contribution in [0.3, 0.4) is 0 Å². The quantitative estimate of drug-likeness (QED) is 0.442. The van der Waals surface area contributed by atoms with Crippen molar-refractivity contribution >= 4 is 39.9 Å². The highest BCUT2D eigenvalue weighted by atomic mass is 127. The molecule has 1 aromatic heterocycles. The Morgan fingerprint density at radius 2 is 2.00 bits per heavy atom. The normalized spacial score (nSPS) is 17.5. The molecule has 1 aliphatic carbocycles. The van der Waals surface area contributed by atoms with E-state index >= 15 is 0 Å². The molecule has 2 atom stereocenters. The van der Waals surface area contributed by atoms with Gasteiger partial charge in [0, 0.05) is 5.92 Å². The van der Waals surface area contributed by atoms with Crippen LogP contribution in [0.15, 0.2) is 36.4 Å². The second-order valence-electron chi connectivity index (χ2n) is 7.86. The first-order chi connectivity index (χ1) is 13.3. The maximum absolute atomic E-state index is 12.7. The van der Waals surface area contributed by atoms with Gasteiger partial charge in [0.25, 0.3) is 0 Å². The van der Waals surface area contributed by atoms with Crippen molar-refractivity contribution in [3.8, 4) is 0 Å². The average Bonchev–Trinajstić information content (AvgIpc) is 3.24. The first-order valence-electron chi connectivity index (χ1n) is 9.23. The highest BCUT2D eigenvalue weighted by Crippen LogP contribution is 2.44. The summed E-state index contributed by atoms with van der Waals surface area (Å²) in [6.45, 7) is 3.79. The van der Waals surface area contributed by atoms with Crippen LogP contribution in [-0.4, -0.2) is 31.4 Å². The SMILES string of the molecule is COC(=O)C(C)(C)C(c1ccc2c(c1)C(O)CC2)c1ccc2c(c1)nnn2I. The van der Waals surface area contributed by atoms with E-state index in [-0.39, 0.29) is 11.9 Å². The standard InChI is InChI=1S/C21H22IN3O3/c1-21(2,20(27)28-3)19(13-5-4-12-7-9-18(26)15(12)10-13)14-6-8-17-16(11-14)23-24-25(17)22/h4-6,8,10-11,18-19,26H,7,9H2,1-3H3. The fraction of sp³-hybridized carbons (Fsp3) is 0.381. The van der Waals surface area contributed by atoms with Crippen molar-refractivity contribution in [3.63, 3.8) is 0 Å². The van der Waals surface area contributed by atoms with Gasteiger partial charge in [-0.15, -0.1) is 5.10 Å². The van der Waals surface area contributed by atoms with E-state index in [2.05, 4.69) is 45.3 Å². The molecule has 0 saturated carbocycles. The molecule has 2 unspecified atom stereocenters. The molecule has 0 amide bonds. The van der Waals surface area contributed by atoms with Crippen LogP contribution in [0.1, 0.15) is 54.5 Å². The maximum atomic E-state index is 12.7. The Morgan fingerprint density at radius 1 is 1.29 bits per heavy atom. The number of benzene rings is 2. The Labute approximate surface area is 177 Å². The number of ether oxygens (including phenoxy) is 1. The Hall–Kier alpha value is -2.00. The van der Waals surface area contributed by atoms with Crippen molar-refractivity contribution in [2.45, 2.75) is 38.7 Å². The summed E-state index contributed by atoms with van der Waals surface area (Å²) in [6.07, 6.45) is 1.18. The predicted octanol–water partition coefficient (Wildman–Crippen LogP) is 3.94. The van der Waals surface area contributed by atoms with Gasteiger partial charge in [-0.3, -0.25) is 4.79 Å². The summed E-state index contributed by atoms with van der Waals surface area (Å²) < 4.78 is 6.82. The predicted molar refractivity (Wildman–Crippen MR) is 114 cm³/mol. The molecular formula is C21H22IN3O3. The van der Waals surface area contributed by atoms with E-state index in [1.54, 1.807) is 2.90 Å². The summed E-state index contributed by atoms with van der Waals surface area (Å²) in [7, 11) is 1.42. The fourth-order valence-corrected chi connectivity index (χ4v) is 4.78. The van der Waals surface area contributed by atoms with E-state index in [1.165, 1.54) is 12.7 Å². The van der Waals surface area contributed by atoms with Crippen molar-refractivity contribution < 1.29 is 14.6 Å². The molecule has 4 rings (SSSR count). The number of aliphatic hydroxyl groups is 1.